The van der Waals surface area contributed by atoms with Crippen molar-refractivity contribution in [2.45, 2.75) is 25.6 Å². The van der Waals surface area contributed by atoms with Crippen LogP contribution in [0.3, 0.4) is 0 Å². The first kappa shape index (κ1) is 20.1. The molecule has 1 atom stereocenters. The Labute approximate surface area is 130 Å². The fourth-order valence-electron chi connectivity index (χ4n) is 1.56. The van der Waals surface area contributed by atoms with Gasteiger partial charge in [0.05, 0.1) is 10.5 Å². The smallest absolute Gasteiger partial charge is 0.352 e. The van der Waals surface area contributed by atoms with Gasteiger partial charge in [-0.05, 0) is 25.5 Å². The maximum atomic E-state index is 12.5. The van der Waals surface area contributed by atoms with E-state index in [1.165, 1.54) is 0 Å². The molecule has 124 valence electrons. The number of amides is 1. The summed E-state index contributed by atoms with van der Waals surface area (Å²) in [6.45, 7) is 1.89. The molecular weight excluding hydrogens is 327 g/mol. The van der Waals surface area contributed by atoms with Gasteiger partial charge in [-0.1, -0.05) is 0 Å². The van der Waals surface area contributed by atoms with Crippen LogP contribution in [0.2, 0.25) is 0 Å². The van der Waals surface area contributed by atoms with Crippen molar-refractivity contribution in [3.05, 3.63) is 39.4 Å². The Balaban J connectivity index is 0.00000441. The maximum absolute atomic E-state index is 12.5. The molecular formula is C12H15ClF3N3O3. The number of nitrogens with one attached hydrogen (secondary N) is 1. The van der Waals surface area contributed by atoms with Gasteiger partial charge in [0.2, 0.25) is 0 Å². The summed E-state index contributed by atoms with van der Waals surface area (Å²) >= 11 is 0. The van der Waals surface area contributed by atoms with Gasteiger partial charge in [-0.15, -0.1) is 12.4 Å². The highest BCUT2D eigenvalue weighted by molar-refractivity contribution is 5.98. The van der Waals surface area contributed by atoms with Crippen molar-refractivity contribution in [2.24, 2.45) is 5.73 Å². The lowest BCUT2D eigenvalue weighted by Crippen LogP contribution is -2.29. The Hall–Kier alpha value is -1.87. The first-order valence-electron chi connectivity index (χ1n) is 6.02. The zero-order valence-electron chi connectivity index (χ0n) is 11.5. The molecule has 1 amide bonds. The van der Waals surface area contributed by atoms with Crippen LogP contribution >= 0.6 is 12.4 Å². The SMILES string of the molecule is CC(N)CCNC(=O)c1ccc(C(F)(F)F)cc1[N+](=O)[O-].Cl. The first-order valence-corrected chi connectivity index (χ1v) is 6.02. The third kappa shape index (κ3) is 5.49. The fraction of sp³-hybridized carbons (Fsp3) is 0.417. The number of rotatable bonds is 5. The maximum Gasteiger partial charge on any atom is 0.416 e. The molecule has 6 nitrogen and oxygen atoms in total. The largest absolute Gasteiger partial charge is 0.416 e. The minimum Gasteiger partial charge on any atom is -0.352 e. The number of hydrogen-bond donors (Lipinski definition) is 2. The number of carbonyl (C=O) groups excluding carboxylic acids is 1. The molecule has 3 N–H and O–H groups in total. The van der Waals surface area contributed by atoms with Crippen LogP contribution in [0.4, 0.5) is 18.9 Å². The highest BCUT2D eigenvalue weighted by atomic mass is 35.5. The number of halogens is 4. The average molecular weight is 342 g/mol. The summed E-state index contributed by atoms with van der Waals surface area (Å²) in [7, 11) is 0. The monoisotopic (exact) mass is 341 g/mol. The van der Waals surface area contributed by atoms with Crippen molar-refractivity contribution in [1.29, 1.82) is 0 Å². The fourth-order valence-corrected chi connectivity index (χ4v) is 1.56. The summed E-state index contributed by atoms with van der Waals surface area (Å²) in [5, 5.41) is 13.2. The zero-order valence-corrected chi connectivity index (χ0v) is 12.3. The molecule has 0 aromatic heterocycles. The van der Waals surface area contributed by atoms with E-state index < -0.39 is 33.8 Å². The summed E-state index contributed by atoms with van der Waals surface area (Å²) in [5.41, 5.74) is 2.99. The lowest BCUT2D eigenvalue weighted by Gasteiger charge is -2.10. The summed E-state index contributed by atoms with van der Waals surface area (Å²) in [4.78, 5) is 21.6. The van der Waals surface area contributed by atoms with Gasteiger partial charge in [0.25, 0.3) is 11.6 Å². The third-order valence-corrected chi connectivity index (χ3v) is 2.65. The van der Waals surface area contributed by atoms with E-state index in [-0.39, 0.29) is 25.0 Å². The molecule has 22 heavy (non-hydrogen) atoms. The first-order chi connectivity index (χ1) is 9.62. The van der Waals surface area contributed by atoms with Gasteiger partial charge >= 0.3 is 6.18 Å². The summed E-state index contributed by atoms with van der Waals surface area (Å²) in [6.07, 6.45) is -4.27. The second-order valence-corrected chi connectivity index (χ2v) is 4.51. The van der Waals surface area contributed by atoms with E-state index in [0.717, 1.165) is 6.07 Å². The third-order valence-electron chi connectivity index (χ3n) is 2.65. The Morgan fingerprint density at radius 2 is 2.05 bits per heavy atom. The van der Waals surface area contributed by atoms with Gasteiger partial charge in [-0.2, -0.15) is 13.2 Å². The van der Waals surface area contributed by atoms with E-state index in [1.807, 2.05) is 0 Å². The van der Waals surface area contributed by atoms with Crippen LogP contribution in [-0.4, -0.2) is 23.4 Å². The molecule has 0 aliphatic carbocycles. The highest BCUT2D eigenvalue weighted by Gasteiger charge is 2.33. The van der Waals surface area contributed by atoms with Crippen LogP contribution in [0.15, 0.2) is 18.2 Å². The van der Waals surface area contributed by atoms with Crippen LogP contribution in [-0.2, 0) is 6.18 Å². The van der Waals surface area contributed by atoms with Crippen molar-refractivity contribution in [3.63, 3.8) is 0 Å². The van der Waals surface area contributed by atoms with Gasteiger partial charge in [0.1, 0.15) is 5.56 Å². The van der Waals surface area contributed by atoms with Crippen LogP contribution in [0, 0.1) is 10.1 Å². The molecule has 1 unspecified atom stereocenters. The quantitative estimate of drug-likeness (QED) is 0.635. The topological polar surface area (TPSA) is 98.3 Å². The van der Waals surface area contributed by atoms with Gasteiger partial charge in [-0.25, -0.2) is 0 Å². The number of nitrogens with zero attached hydrogens (tertiary/aromatic N) is 1. The molecule has 10 heteroatoms. The van der Waals surface area contributed by atoms with E-state index in [1.54, 1.807) is 6.92 Å². The summed E-state index contributed by atoms with van der Waals surface area (Å²) in [6, 6.07) is 1.60. The average Bonchev–Trinajstić information content (AvgIpc) is 2.36. The number of nitrogens with two attached hydrogens (primary N) is 1. The van der Waals surface area contributed by atoms with Crippen LogP contribution in [0.25, 0.3) is 0 Å². The normalized spacial score (nSPS) is 12.2. The predicted molar refractivity (Wildman–Crippen MR) is 75.9 cm³/mol. The van der Waals surface area contributed by atoms with Gasteiger partial charge in [0, 0.05) is 18.7 Å². The Bertz CT molecular complexity index is 550. The van der Waals surface area contributed by atoms with Gasteiger partial charge in [0.15, 0.2) is 0 Å². The number of hydrogen-bond acceptors (Lipinski definition) is 4. The molecule has 1 aromatic carbocycles. The molecule has 0 aliphatic rings. The predicted octanol–water partition coefficient (Wildman–Crippen LogP) is 2.50. The molecule has 0 radical (unpaired) electrons. The van der Waals surface area contributed by atoms with E-state index in [9.17, 15) is 28.1 Å². The standard InChI is InChI=1S/C12H14F3N3O3.ClH/c1-7(16)4-5-17-11(19)9-3-2-8(12(13,14)15)6-10(9)18(20)21;/h2-3,6-7H,4-5,16H2,1H3,(H,17,19);1H. The van der Waals surface area contributed by atoms with Crippen molar-refractivity contribution in [3.8, 4) is 0 Å². The van der Waals surface area contributed by atoms with Crippen LogP contribution in [0.1, 0.15) is 29.3 Å². The number of alkyl halides is 3. The molecule has 0 aliphatic heterocycles. The molecule has 0 spiro atoms. The van der Waals surface area contributed by atoms with E-state index >= 15 is 0 Å². The molecule has 0 fully saturated rings. The summed E-state index contributed by atoms with van der Waals surface area (Å²) < 4.78 is 37.6. The Morgan fingerprint density at radius 1 is 1.45 bits per heavy atom. The number of carbonyl (C=O) groups is 1. The minimum absolute atomic E-state index is 0. The van der Waals surface area contributed by atoms with Crippen molar-refractivity contribution in [2.75, 3.05) is 6.54 Å². The molecule has 0 heterocycles. The van der Waals surface area contributed by atoms with Crippen molar-refractivity contribution in [1.82, 2.24) is 5.32 Å². The van der Waals surface area contributed by atoms with E-state index in [0.29, 0.717) is 18.6 Å². The van der Waals surface area contributed by atoms with E-state index in [2.05, 4.69) is 5.32 Å². The lowest BCUT2D eigenvalue weighted by atomic mass is 10.1. The van der Waals surface area contributed by atoms with Crippen LogP contribution < -0.4 is 11.1 Å². The molecule has 0 saturated carbocycles. The summed E-state index contributed by atoms with van der Waals surface area (Å²) in [5.74, 6) is -0.809. The number of benzene rings is 1. The number of nitro groups is 1. The highest BCUT2D eigenvalue weighted by Crippen LogP contribution is 2.32. The molecule has 1 rings (SSSR count). The van der Waals surface area contributed by atoms with Crippen LogP contribution in [0.5, 0.6) is 0 Å². The van der Waals surface area contributed by atoms with E-state index in [4.69, 9.17) is 5.73 Å². The lowest BCUT2D eigenvalue weighted by molar-refractivity contribution is -0.385. The Kier molecular flexibility index (Phi) is 7.27. The zero-order chi connectivity index (χ0) is 16.2. The number of nitro benzene ring substituents is 1. The Morgan fingerprint density at radius 3 is 2.50 bits per heavy atom. The van der Waals surface area contributed by atoms with Crippen molar-refractivity contribution < 1.29 is 22.9 Å². The van der Waals surface area contributed by atoms with Gasteiger partial charge in [-0.3, -0.25) is 14.9 Å². The second kappa shape index (κ2) is 7.95. The molecule has 0 bridgehead atoms. The minimum atomic E-state index is -4.71. The van der Waals surface area contributed by atoms with Crippen molar-refractivity contribution >= 4 is 24.0 Å². The van der Waals surface area contributed by atoms with Gasteiger partial charge < -0.3 is 11.1 Å². The molecule has 0 saturated heterocycles. The second-order valence-electron chi connectivity index (χ2n) is 4.51. The molecule has 1 aromatic rings.